The number of carbonyl (C=O) groups excluding carboxylic acids is 1. The standard InChI is InChI=1S/C16H21NO/c1-12-4-2-3-5-15(12)16(18)8-9-17-11-13-6-7-14(17)10-13/h2-5,13-14H,6-11H2,1H3. The summed E-state index contributed by atoms with van der Waals surface area (Å²) in [5.41, 5.74) is 2.01. The molecule has 2 unspecified atom stereocenters. The minimum Gasteiger partial charge on any atom is -0.300 e. The average molecular weight is 243 g/mol. The van der Waals surface area contributed by atoms with E-state index in [1.54, 1.807) is 0 Å². The maximum atomic E-state index is 12.2. The number of hydrogen-bond acceptors (Lipinski definition) is 2. The third kappa shape index (κ3) is 2.22. The van der Waals surface area contributed by atoms with Crippen molar-refractivity contribution in [2.75, 3.05) is 13.1 Å². The van der Waals surface area contributed by atoms with Crippen LogP contribution in [0, 0.1) is 12.8 Å². The van der Waals surface area contributed by atoms with Crippen LogP contribution in [0.15, 0.2) is 24.3 Å². The maximum absolute atomic E-state index is 12.2. The minimum atomic E-state index is 0.302. The highest BCUT2D eigenvalue weighted by Crippen LogP contribution is 2.37. The van der Waals surface area contributed by atoms with Crippen LogP contribution in [0.5, 0.6) is 0 Å². The van der Waals surface area contributed by atoms with Gasteiger partial charge in [0.25, 0.3) is 0 Å². The van der Waals surface area contributed by atoms with Crippen LogP contribution in [0.4, 0.5) is 0 Å². The first kappa shape index (κ1) is 11.9. The van der Waals surface area contributed by atoms with Crippen molar-refractivity contribution in [1.82, 2.24) is 4.90 Å². The van der Waals surface area contributed by atoms with Crippen LogP contribution in [0.3, 0.4) is 0 Å². The van der Waals surface area contributed by atoms with Gasteiger partial charge in [0.1, 0.15) is 0 Å². The average Bonchev–Trinajstić information content (AvgIpc) is 2.98. The highest BCUT2D eigenvalue weighted by Gasteiger charge is 2.37. The Balaban J connectivity index is 1.57. The molecule has 0 aromatic heterocycles. The number of rotatable bonds is 4. The number of benzene rings is 1. The monoisotopic (exact) mass is 243 g/mol. The zero-order chi connectivity index (χ0) is 12.5. The predicted molar refractivity (Wildman–Crippen MR) is 72.8 cm³/mol. The molecule has 1 aromatic carbocycles. The van der Waals surface area contributed by atoms with E-state index in [2.05, 4.69) is 4.90 Å². The molecule has 0 N–H and O–H groups in total. The van der Waals surface area contributed by atoms with Crippen LogP contribution in [-0.2, 0) is 0 Å². The van der Waals surface area contributed by atoms with Crippen molar-refractivity contribution in [3.8, 4) is 0 Å². The van der Waals surface area contributed by atoms with E-state index < -0.39 is 0 Å². The predicted octanol–water partition coefficient (Wildman–Crippen LogP) is 3.05. The summed E-state index contributed by atoms with van der Waals surface area (Å²) >= 11 is 0. The quantitative estimate of drug-likeness (QED) is 0.758. The highest BCUT2D eigenvalue weighted by molar-refractivity contribution is 5.97. The number of aryl methyl sites for hydroxylation is 1. The number of carbonyl (C=O) groups is 1. The summed E-state index contributed by atoms with van der Waals surface area (Å²) in [6.45, 7) is 4.20. The lowest BCUT2D eigenvalue weighted by Gasteiger charge is -2.26. The van der Waals surface area contributed by atoms with Crippen molar-refractivity contribution in [1.29, 1.82) is 0 Å². The molecule has 1 saturated carbocycles. The van der Waals surface area contributed by atoms with Gasteiger partial charge in [0, 0.05) is 31.1 Å². The summed E-state index contributed by atoms with van der Waals surface area (Å²) in [4.78, 5) is 14.7. The largest absolute Gasteiger partial charge is 0.300 e. The smallest absolute Gasteiger partial charge is 0.164 e. The molecule has 2 atom stereocenters. The lowest BCUT2D eigenvalue weighted by atomic mass is 10.0. The Morgan fingerprint density at radius 1 is 1.33 bits per heavy atom. The van der Waals surface area contributed by atoms with Gasteiger partial charge in [-0.25, -0.2) is 0 Å². The molecule has 1 aromatic rings. The first-order chi connectivity index (χ1) is 8.74. The minimum absolute atomic E-state index is 0.302. The molecule has 0 spiro atoms. The van der Waals surface area contributed by atoms with E-state index in [9.17, 15) is 4.79 Å². The van der Waals surface area contributed by atoms with Crippen LogP contribution in [0.1, 0.15) is 41.6 Å². The fourth-order valence-corrected chi connectivity index (χ4v) is 3.57. The molecule has 0 radical (unpaired) electrons. The molecule has 1 aliphatic heterocycles. The zero-order valence-electron chi connectivity index (χ0n) is 11.1. The van der Waals surface area contributed by atoms with Gasteiger partial charge in [-0.15, -0.1) is 0 Å². The van der Waals surface area contributed by atoms with Gasteiger partial charge in [-0.3, -0.25) is 9.69 Å². The van der Waals surface area contributed by atoms with Crippen molar-refractivity contribution in [3.05, 3.63) is 35.4 Å². The van der Waals surface area contributed by atoms with Gasteiger partial charge in [-0.1, -0.05) is 24.3 Å². The lowest BCUT2D eigenvalue weighted by molar-refractivity contribution is 0.0954. The number of ketones is 1. The SMILES string of the molecule is Cc1ccccc1C(=O)CCN1CC2CCC1C2. The summed E-state index contributed by atoms with van der Waals surface area (Å²) in [7, 11) is 0. The van der Waals surface area contributed by atoms with Gasteiger partial charge in [0.2, 0.25) is 0 Å². The first-order valence-electron chi connectivity index (χ1n) is 7.07. The normalized spacial score (nSPS) is 26.7. The molecule has 2 fully saturated rings. The second-order valence-electron chi connectivity index (χ2n) is 5.82. The molecule has 18 heavy (non-hydrogen) atoms. The van der Waals surface area contributed by atoms with Crippen molar-refractivity contribution >= 4 is 5.78 Å². The third-order valence-corrected chi connectivity index (χ3v) is 4.59. The van der Waals surface area contributed by atoms with Crippen molar-refractivity contribution in [3.63, 3.8) is 0 Å². The number of likely N-dealkylation sites (tertiary alicyclic amines) is 1. The molecule has 2 bridgehead atoms. The van der Waals surface area contributed by atoms with Crippen LogP contribution >= 0.6 is 0 Å². The van der Waals surface area contributed by atoms with Gasteiger partial charge in [-0.05, 0) is 37.7 Å². The van der Waals surface area contributed by atoms with E-state index in [0.717, 1.165) is 29.6 Å². The van der Waals surface area contributed by atoms with E-state index in [1.165, 1.54) is 25.8 Å². The second-order valence-corrected chi connectivity index (χ2v) is 5.82. The summed E-state index contributed by atoms with van der Waals surface area (Å²) in [5, 5.41) is 0. The zero-order valence-corrected chi connectivity index (χ0v) is 11.1. The van der Waals surface area contributed by atoms with E-state index in [1.807, 2.05) is 31.2 Å². The molecule has 1 heterocycles. The molecular formula is C16H21NO. The molecule has 2 heteroatoms. The first-order valence-corrected chi connectivity index (χ1v) is 7.07. The summed E-state index contributed by atoms with van der Waals surface area (Å²) in [5.74, 6) is 1.22. The fraction of sp³-hybridized carbons (Fsp3) is 0.562. The topological polar surface area (TPSA) is 20.3 Å². The molecule has 3 rings (SSSR count). The van der Waals surface area contributed by atoms with Crippen LogP contribution in [0.25, 0.3) is 0 Å². The molecule has 2 nitrogen and oxygen atoms in total. The van der Waals surface area contributed by atoms with Gasteiger partial charge < -0.3 is 0 Å². The molecule has 0 amide bonds. The van der Waals surface area contributed by atoms with Crippen molar-refractivity contribution in [2.45, 2.75) is 38.6 Å². The number of hydrogen-bond donors (Lipinski definition) is 0. The van der Waals surface area contributed by atoms with E-state index in [-0.39, 0.29) is 0 Å². The number of piperidine rings is 1. The lowest BCUT2D eigenvalue weighted by Crippen LogP contribution is -2.33. The van der Waals surface area contributed by atoms with Crippen LogP contribution in [0.2, 0.25) is 0 Å². The molecular weight excluding hydrogens is 222 g/mol. The molecule has 1 saturated heterocycles. The van der Waals surface area contributed by atoms with E-state index >= 15 is 0 Å². The number of fused-ring (bicyclic) bond motifs is 2. The van der Waals surface area contributed by atoms with Crippen molar-refractivity contribution in [2.24, 2.45) is 5.92 Å². The molecule has 96 valence electrons. The van der Waals surface area contributed by atoms with Gasteiger partial charge >= 0.3 is 0 Å². The molecule has 2 aliphatic rings. The van der Waals surface area contributed by atoms with Crippen LogP contribution < -0.4 is 0 Å². The summed E-state index contributed by atoms with van der Waals surface area (Å²) < 4.78 is 0. The summed E-state index contributed by atoms with van der Waals surface area (Å²) in [6, 6.07) is 8.70. The Morgan fingerprint density at radius 2 is 2.17 bits per heavy atom. The number of nitrogens with zero attached hydrogens (tertiary/aromatic N) is 1. The Bertz CT molecular complexity index is 454. The Kier molecular flexibility index (Phi) is 3.21. The Morgan fingerprint density at radius 3 is 2.83 bits per heavy atom. The number of Topliss-reactive ketones (excluding diaryl/α,β-unsaturated/α-hetero) is 1. The van der Waals surface area contributed by atoms with E-state index in [4.69, 9.17) is 0 Å². The van der Waals surface area contributed by atoms with Gasteiger partial charge in [0.15, 0.2) is 5.78 Å². The van der Waals surface area contributed by atoms with Gasteiger partial charge in [0.05, 0.1) is 0 Å². The maximum Gasteiger partial charge on any atom is 0.164 e. The second kappa shape index (κ2) is 4.85. The Hall–Kier alpha value is -1.15. The van der Waals surface area contributed by atoms with Crippen molar-refractivity contribution < 1.29 is 4.79 Å². The fourth-order valence-electron chi connectivity index (χ4n) is 3.57. The van der Waals surface area contributed by atoms with E-state index in [0.29, 0.717) is 12.2 Å². The Labute approximate surface area is 109 Å². The highest BCUT2D eigenvalue weighted by atomic mass is 16.1. The summed E-state index contributed by atoms with van der Waals surface area (Å²) in [6.07, 6.45) is 4.81. The van der Waals surface area contributed by atoms with Crippen LogP contribution in [-0.4, -0.2) is 29.8 Å². The molecule has 1 aliphatic carbocycles. The van der Waals surface area contributed by atoms with Gasteiger partial charge in [-0.2, -0.15) is 0 Å². The third-order valence-electron chi connectivity index (χ3n) is 4.59.